The van der Waals surface area contributed by atoms with Crippen LogP contribution in [0, 0.1) is 13.0 Å². The van der Waals surface area contributed by atoms with E-state index in [1.165, 1.54) is 5.56 Å². The molecule has 0 aliphatic rings. The molecule has 0 N–H and O–H groups in total. The van der Waals surface area contributed by atoms with Gasteiger partial charge in [-0.2, -0.15) is 0 Å². The van der Waals surface area contributed by atoms with Gasteiger partial charge in [-0.25, -0.2) is 0 Å². The molecule has 0 saturated carbocycles. The van der Waals surface area contributed by atoms with Crippen molar-refractivity contribution in [2.24, 2.45) is 0 Å². The molecule has 1 aromatic heterocycles. The zero-order valence-electron chi connectivity index (χ0n) is 6.33. The maximum absolute atomic E-state index is 4.25. The Balaban J connectivity index is 2.91. The minimum atomic E-state index is 1.05. The third-order valence-electron chi connectivity index (χ3n) is 1.75. The van der Waals surface area contributed by atoms with Crippen LogP contribution in [0.4, 0.5) is 0 Å². The summed E-state index contributed by atoms with van der Waals surface area (Å²) >= 11 is 0. The molecule has 0 saturated heterocycles. The van der Waals surface area contributed by atoms with E-state index in [0.717, 1.165) is 10.9 Å². The predicted octanol–water partition coefficient (Wildman–Crippen LogP) is 2.34. The van der Waals surface area contributed by atoms with Crippen LogP contribution in [0.2, 0.25) is 0 Å². The summed E-state index contributed by atoms with van der Waals surface area (Å²) in [6, 6.07) is 11.1. The second-order valence-electron chi connectivity index (χ2n) is 2.56. The molecule has 0 spiro atoms. The van der Waals surface area contributed by atoms with Crippen molar-refractivity contribution in [2.45, 2.75) is 6.92 Å². The van der Waals surface area contributed by atoms with Gasteiger partial charge in [0.1, 0.15) is 0 Å². The van der Waals surface area contributed by atoms with E-state index in [4.69, 9.17) is 0 Å². The van der Waals surface area contributed by atoms with Crippen LogP contribution in [0.1, 0.15) is 5.56 Å². The van der Waals surface area contributed by atoms with Gasteiger partial charge in [0.15, 0.2) is 0 Å². The van der Waals surface area contributed by atoms with Crippen LogP contribution in [0.25, 0.3) is 10.9 Å². The lowest BCUT2D eigenvalue weighted by atomic mass is 10.1. The molecule has 0 amide bonds. The highest BCUT2D eigenvalue weighted by Gasteiger charge is 1.94. The number of para-hydroxylation sites is 1. The Morgan fingerprint density at radius 2 is 2.27 bits per heavy atom. The molecule has 0 fully saturated rings. The number of nitrogens with zero attached hydrogens (tertiary/aromatic N) is 1. The SMILES string of the molecule is Cc1cccc2[c]ccnc12. The Morgan fingerprint density at radius 1 is 1.36 bits per heavy atom. The largest absolute Gasteiger partial charge is 0.256 e. The van der Waals surface area contributed by atoms with Gasteiger partial charge in [0.25, 0.3) is 0 Å². The van der Waals surface area contributed by atoms with Crippen molar-refractivity contribution >= 4 is 10.9 Å². The van der Waals surface area contributed by atoms with Gasteiger partial charge < -0.3 is 0 Å². The van der Waals surface area contributed by atoms with Gasteiger partial charge in [0, 0.05) is 11.6 Å². The van der Waals surface area contributed by atoms with Gasteiger partial charge in [-0.15, -0.1) is 0 Å². The number of aromatic nitrogens is 1. The van der Waals surface area contributed by atoms with Crippen LogP contribution in [-0.4, -0.2) is 4.98 Å². The molecular formula is C10H8N. The van der Waals surface area contributed by atoms with Gasteiger partial charge in [0.05, 0.1) is 5.52 Å². The van der Waals surface area contributed by atoms with E-state index in [1.54, 1.807) is 6.20 Å². The quantitative estimate of drug-likeness (QED) is 0.550. The van der Waals surface area contributed by atoms with Crippen molar-refractivity contribution in [2.75, 3.05) is 0 Å². The summed E-state index contributed by atoms with van der Waals surface area (Å²) in [5, 5.41) is 1.09. The van der Waals surface area contributed by atoms with Crippen LogP contribution in [-0.2, 0) is 0 Å². The third kappa shape index (κ3) is 0.984. The fourth-order valence-electron chi connectivity index (χ4n) is 1.19. The summed E-state index contributed by atoms with van der Waals surface area (Å²) in [4.78, 5) is 4.25. The maximum atomic E-state index is 4.25. The highest BCUT2D eigenvalue weighted by Crippen LogP contribution is 2.13. The average molecular weight is 142 g/mol. The zero-order chi connectivity index (χ0) is 7.68. The lowest BCUT2D eigenvalue weighted by Gasteiger charge is -1.97. The van der Waals surface area contributed by atoms with E-state index in [9.17, 15) is 0 Å². The first-order valence-corrected chi connectivity index (χ1v) is 3.60. The lowest BCUT2D eigenvalue weighted by molar-refractivity contribution is 1.36. The first-order chi connectivity index (χ1) is 5.38. The van der Waals surface area contributed by atoms with Crippen LogP contribution in [0.5, 0.6) is 0 Å². The summed E-state index contributed by atoms with van der Waals surface area (Å²) < 4.78 is 0. The molecule has 1 heteroatoms. The predicted molar refractivity (Wildman–Crippen MR) is 45.3 cm³/mol. The standard InChI is InChI=1S/C10H8N/c1-8-4-2-5-9-6-3-7-11-10(8)9/h2-5,7H,1H3. The van der Waals surface area contributed by atoms with E-state index in [-0.39, 0.29) is 0 Å². The summed E-state index contributed by atoms with van der Waals surface area (Å²) in [5.41, 5.74) is 2.26. The molecule has 0 atom stereocenters. The smallest absolute Gasteiger partial charge is 0.0737 e. The van der Waals surface area contributed by atoms with E-state index in [1.807, 2.05) is 18.2 Å². The highest BCUT2D eigenvalue weighted by atomic mass is 14.6. The van der Waals surface area contributed by atoms with E-state index >= 15 is 0 Å². The first-order valence-electron chi connectivity index (χ1n) is 3.60. The number of pyridine rings is 1. The van der Waals surface area contributed by atoms with Crippen molar-refractivity contribution in [1.29, 1.82) is 0 Å². The fraction of sp³-hybridized carbons (Fsp3) is 0.100. The van der Waals surface area contributed by atoms with Crippen molar-refractivity contribution in [3.63, 3.8) is 0 Å². The molecule has 1 nitrogen and oxygen atoms in total. The number of rotatable bonds is 0. The van der Waals surface area contributed by atoms with Gasteiger partial charge in [-0.3, -0.25) is 4.98 Å². The van der Waals surface area contributed by atoms with Gasteiger partial charge in [-0.05, 0) is 24.6 Å². The Kier molecular flexibility index (Phi) is 1.35. The molecule has 0 bridgehead atoms. The first kappa shape index (κ1) is 6.35. The molecule has 0 unspecified atom stereocenters. The maximum Gasteiger partial charge on any atom is 0.0737 e. The Hall–Kier alpha value is -1.37. The number of hydrogen-bond donors (Lipinski definition) is 0. The zero-order valence-corrected chi connectivity index (χ0v) is 6.33. The number of aryl methyl sites for hydroxylation is 1. The normalized spacial score (nSPS) is 10.3. The molecule has 1 radical (unpaired) electrons. The Bertz CT molecular complexity index is 374. The minimum absolute atomic E-state index is 1.05. The van der Waals surface area contributed by atoms with Crippen molar-refractivity contribution in [3.8, 4) is 0 Å². The second-order valence-corrected chi connectivity index (χ2v) is 2.56. The molecule has 11 heavy (non-hydrogen) atoms. The average Bonchev–Trinajstić information content (AvgIpc) is 2.06. The van der Waals surface area contributed by atoms with E-state index in [2.05, 4.69) is 24.0 Å². The summed E-state index contributed by atoms with van der Waals surface area (Å²) in [6.07, 6.45) is 1.77. The van der Waals surface area contributed by atoms with E-state index in [0.29, 0.717) is 0 Å². The highest BCUT2D eigenvalue weighted by molar-refractivity contribution is 5.80. The van der Waals surface area contributed by atoms with Gasteiger partial charge in [0.2, 0.25) is 0 Å². The molecular weight excluding hydrogens is 134 g/mol. The molecule has 2 aromatic rings. The molecule has 0 aliphatic heterocycles. The van der Waals surface area contributed by atoms with Crippen LogP contribution in [0.3, 0.4) is 0 Å². The van der Waals surface area contributed by atoms with Crippen LogP contribution < -0.4 is 0 Å². The fourth-order valence-corrected chi connectivity index (χ4v) is 1.19. The van der Waals surface area contributed by atoms with Crippen LogP contribution in [0.15, 0.2) is 30.5 Å². The molecule has 53 valence electrons. The van der Waals surface area contributed by atoms with Gasteiger partial charge in [-0.1, -0.05) is 18.2 Å². The Labute approximate surface area is 65.7 Å². The third-order valence-corrected chi connectivity index (χ3v) is 1.75. The number of fused-ring (bicyclic) bond motifs is 1. The summed E-state index contributed by atoms with van der Waals surface area (Å²) in [6.45, 7) is 2.06. The van der Waals surface area contributed by atoms with Gasteiger partial charge >= 0.3 is 0 Å². The number of hydrogen-bond acceptors (Lipinski definition) is 1. The van der Waals surface area contributed by atoms with E-state index < -0.39 is 0 Å². The summed E-state index contributed by atoms with van der Waals surface area (Å²) in [5.74, 6) is 0. The lowest BCUT2D eigenvalue weighted by Crippen LogP contribution is -1.80. The second kappa shape index (κ2) is 2.35. The number of benzene rings is 1. The van der Waals surface area contributed by atoms with Crippen molar-refractivity contribution in [3.05, 3.63) is 42.1 Å². The molecule has 1 heterocycles. The topological polar surface area (TPSA) is 12.9 Å². The summed E-state index contributed by atoms with van der Waals surface area (Å²) in [7, 11) is 0. The Morgan fingerprint density at radius 3 is 3.09 bits per heavy atom. The monoisotopic (exact) mass is 142 g/mol. The molecule has 1 aromatic carbocycles. The molecule has 2 rings (SSSR count). The van der Waals surface area contributed by atoms with Crippen molar-refractivity contribution < 1.29 is 0 Å². The minimum Gasteiger partial charge on any atom is -0.256 e. The van der Waals surface area contributed by atoms with Crippen molar-refractivity contribution in [1.82, 2.24) is 4.98 Å². The van der Waals surface area contributed by atoms with Crippen LogP contribution >= 0.6 is 0 Å². The molecule has 0 aliphatic carbocycles.